The number of thiophene rings is 1. The lowest BCUT2D eigenvalue weighted by atomic mass is 10.2. The Morgan fingerprint density at radius 3 is 2.84 bits per heavy atom. The third kappa shape index (κ3) is 4.91. The molecule has 31 heavy (non-hydrogen) atoms. The molecule has 2 aromatic heterocycles. The van der Waals surface area contributed by atoms with Gasteiger partial charge in [0.1, 0.15) is 9.71 Å². The normalized spacial score (nSPS) is 17.7. The Morgan fingerprint density at radius 2 is 2.13 bits per heavy atom. The van der Waals surface area contributed by atoms with E-state index in [2.05, 4.69) is 10.4 Å². The molecule has 3 heterocycles. The minimum atomic E-state index is -3.09. The fourth-order valence-corrected chi connectivity index (χ4v) is 6.41. The number of aromatic nitrogens is 2. The summed E-state index contributed by atoms with van der Waals surface area (Å²) in [4.78, 5) is 25.6. The van der Waals surface area contributed by atoms with E-state index in [1.165, 1.54) is 11.3 Å². The number of sulfone groups is 1. The smallest absolute Gasteiger partial charge is 0.348 e. The summed E-state index contributed by atoms with van der Waals surface area (Å²) in [6, 6.07) is 8.76. The Hall–Kier alpha value is -2.43. The van der Waals surface area contributed by atoms with Crippen LogP contribution in [0.1, 0.15) is 27.3 Å². The van der Waals surface area contributed by atoms with Crippen molar-refractivity contribution in [2.24, 2.45) is 0 Å². The molecule has 0 unspecified atom stereocenters. The molecule has 8 nitrogen and oxygen atoms in total. The van der Waals surface area contributed by atoms with E-state index in [4.69, 9.17) is 16.3 Å². The van der Waals surface area contributed by atoms with Crippen LogP contribution in [0.4, 0.5) is 0 Å². The zero-order chi connectivity index (χ0) is 22.2. The Bertz CT molecular complexity index is 1270. The molecule has 0 aliphatic carbocycles. The highest BCUT2D eigenvalue weighted by Gasteiger charge is 2.29. The topological polar surface area (TPSA) is 107 Å². The van der Waals surface area contributed by atoms with Crippen LogP contribution in [0, 0.1) is 6.92 Å². The lowest BCUT2D eigenvalue weighted by molar-refractivity contribution is -0.124. The molecule has 1 aliphatic heterocycles. The van der Waals surface area contributed by atoms with Crippen molar-refractivity contribution < 1.29 is 22.7 Å². The van der Waals surface area contributed by atoms with Gasteiger partial charge in [-0.15, -0.1) is 11.3 Å². The van der Waals surface area contributed by atoms with E-state index in [0.717, 1.165) is 21.5 Å². The molecular formula is C20H20ClN3O5S2. The Balaban J connectivity index is 1.42. The largest absolute Gasteiger partial charge is 0.451 e. The molecule has 1 fully saturated rings. The zero-order valence-electron chi connectivity index (χ0n) is 16.6. The average molecular weight is 482 g/mol. The van der Waals surface area contributed by atoms with Crippen molar-refractivity contribution in [1.29, 1.82) is 0 Å². The number of esters is 1. The summed E-state index contributed by atoms with van der Waals surface area (Å²) in [6.07, 6.45) is 0.375. The van der Waals surface area contributed by atoms with Gasteiger partial charge in [-0.25, -0.2) is 13.2 Å². The maximum Gasteiger partial charge on any atom is 0.348 e. The molecule has 1 saturated heterocycles. The highest BCUT2D eigenvalue weighted by atomic mass is 35.5. The van der Waals surface area contributed by atoms with Gasteiger partial charge >= 0.3 is 5.97 Å². The van der Waals surface area contributed by atoms with E-state index in [0.29, 0.717) is 22.9 Å². The van der Waals surface area contributed by atoms with E-state index in [9.17, 15) is 18.0 Å². The van der Waals surface area contributed by atoms with Gasteiger partial charge < -0.3 is 10.1 Å². The number of ether oxygens (including phenoxy) is 1. The minimum Gasteiger partial charge on any atom is -0.451 e. The van der Waals surface area contributed by atoms with Crippen LogP contribution in [-0.2, 0) is 25.9 Å². The van der Waals surface area contributed by atoms with Crippen LogP contribution in [0.15, 0.2) is 30.3 Å². The van der Waals surface area contributed by atoms with Gasteiger partial charge in [-0.05, 0) is 31.0 Å². The van der Waals surface area contributed by atoms with Gasteiger partial charge in [0.25, 0.3) is 5.91 Å². The number of benzene rings is 1. The highest BCUT2D eigenvalue weighted by molar-refractivity contribution is 7.91. The number of amides is 1. The van der Waals surface area contributed by atoms with Crippen LogP contribution >= 0.6 is 22.9 Å². The summed E-state index contributed by atoms with van der Waals surface area (Å²) < 4.78 is 29.9. The second-order valence-corrected chi connectivity index (χ2v) is 11.1. The number of rotatable bonds is 6. The Labute approximate surface area is 188 Å². The van der Waals surface area contributed by atoms with Crippen LogP contribution in [0.3, 0.4) is 0 Å². The van der Waals surface area contributed by atoms with Crippen molar-refractivity contribution in [1.82, 2.24) is 15.1 Å². The molecule has 164 valence electrons. The molecule has 4 rings (SSSR count). The predicted octanol–water partition coefficient (Wildman–Crippen LogP) is 2.57. The first kappa shape index (κ1) is 21.8. The maximum atomic E-state index is 12.5. The molecule has 0 saturated carbocycles. The second kappa shape index (κ2) is 8.60. The van der Waals surface area contributed by atoms with Crippen LogP contribution < -0.4 is 5.32 Å². The van der Waals surface area contributed by atoms with E-state index in [1.807, 2.05) is 31.2 Å². The van der Waals surface area contributed by atoms with Crippen LogP contribution in [0.2, 0.25) is 5.02 Å². The molecule has 0 radical (unpaired) electrons. The number of carbonyl (C=O) groups excluding carboxylic acids is 2. The van der Waals surface area contributed by atoms with Crippen molar-refractivity contribution in [2.45, 2.75) is 25.9 Å². The summed E-state index contributed by atoms with van der Waals surface area (Å²) in [5.41, 5.74) is 1.69. The molecule has 0 spiro atoms. The van der Waals surface area contributed by atoms with Gasteiger partial charge in [0, 0.05) is 16.5 Å². The van der Waals surface area contributed by atoms with E-state index in [1.54, 1.807) is 10.7 Å². The minimum absolute atomic E-state index is 0.0596. The molecule has 1 amide bonds. The van der Waals surface area contributed by atoms with Gasteiger partial charge in [0.2, 0.25) is 0 Å². The van der Waals surface area contributed by atoms with Crippen molar-refractivity contribution >= 4 is 54.9 Å². The van der Waals surface area contributed by atoms with Crippen molar-refractivity contribution in [2.75, 3.05) is 18.1 Å². The third-order valence-electron chi connectivity index (χ3n) is 5.02. The SMILES string of the molecule is Cc1nn(Cc2ccccc2Cl)c2sc(C(=O)OCC(=O)N[C@@H]3CCS(=O)(=O)C3)cc12. The number of halogens is 1. The fraction of sp³-hybridized carbons (Fsp3) is 0.350. The summed E-state index contributed by atoms with van der Waals surface area (Å²) >= 11 is 7.49. The lowest BCUT2D eigenvalue weighted by Gasteiger charge is -2.10. The van der Waals surface area contributed by atoms with E-state index in [-0.39, 0.29) is 11.5 Å². The van der Waals surface area contributed by atoms with E-state index >= 15 is 0 Å². The van der Waals surface area contributed by atoms with E-state index < -0.39 is 34.4 Å². The van der Waals surface area contributed by atoms with Gasteiger partial charge in [0.15, 0.2) is 16.4 Å². The molecule has 1 aliphatic rings. The van der Waals surface area contributed by atoms with Crippen LogP contribution in [0.5, 0.6) is 0 Å². The highest BCUT2D eigenvalue weighted by Crippen LogP contribution is 2.30. The van der Waals surface area contributed by atoms with Crippen molar-refractivity contribution in [3.05, 3.63) is 51.5 Å². The van der Waals surface area contributed by atoms with Crippen LogP contribution in [-0.4, -0.2) is 54.2 Å². The number of nitrogens with one attached hydrogen (secondary N) is 1. The summed E-state index contributed by atoms with van der Waals surface area (Å²) in [5, 5.41) is 8.61. The molecule has 1 atom stereocenters. The summed E-state index contributed by atoms with van der Waals surface area (Å²) in [7, 11) is -3.09. The summed E-state index contributed by atoms with van der Waals surface area (Å²) in [5.74, 6) is -1.15. The number of hydrogen-bond donors (Lipinski definition) is 1. The molecule has 1 aromatic carbocycles. The Kier molecular flexibility index (Phi) is 6.05. The first-order valence-corrected chi connectivity index (χ1v) is 12.6. The zero-order valence-corrected chi connectivity index (χ0v) is 19.0. The lowest BCUT2D eigenvalue weighted by Crippen LogP contribution is -2.38. The summed E-state index contributed by atoms with van der Waals surface area (Å²) in [6.45, 7) is 1.86. The monoisotopic (exact) mass is 481 g/mol. The first-order chi connectivity index (χ1) is 14.7. The van der Waals surface area contributed by atoms with Crippen LogP contribution in [0.25, 0.3) is 10.2 Å². The average Bonchev–Trinajstić information content (AvgIpc) is 3.37. The van der Waals surface area contributed by atoms with Gasteiger partial charge in [-0.3, -0.25) is 9.48 Å². The Morgan fingerprint density at radius 1 is 1.35 bits per heavy atom. The molecule has 11 heteroatoms. The number of fused-ring (bicyclic) bond motifs is 1. The van der Waals surface area contributed by atoms with Gasteiger partial charge in [-0.2, -0.15) is 5.10 Å². The van der Waals surface area contributed by atoms with Gasteiger partial charge in [0.05, 0.1) is 23.7 Å². The molecule has 0 bridgehead atoms. The number of carbonyl (C=O) groups is 2. The number of aryl methyl sites for hydroxylation is 1. The molecular weight excluding hydrogens is 462 g/mol. The van der Waals surface area contributed by atoms with Crippen molar-refractivity contribution in [3.8, 4) is 0 Å². The quantitative estimate of drug-likeness (QED) is 0.542. The number of nitrogens with zero attached hydrogens (tertiary/aromatic N) is 2. The van der Waals surface area contributed by atoms with Gasteiger partial charge in [-0.1, -0.05) is 29.8 Å². The maximum absolute atomic E-state index is 12.5. The predicted molar refractivity (Wildman–Crippen MR) is 118 cm³/mol. The fourth-order valence-electron chi connectivity index (χ4n) is 3.49. The third-order valence-corrected chi connectivity index (χ3v) is 8.28. The second-order valence-electron chi connectivity index (χ2n) is 7.41. The standard InChI is InChI=1S/C20H20ClN3O5S2/c1-12-15-8-17(20(26)29-10-18(25)22-14-6-7-31(27,28)11-14)30-19(15)24(23-12)9-13-4-2-3-5-16(13)21/h2-5,8,14H,6-7,9-11H2,1H3,(H,22,25)/t14-/m1/s1. The van der Waals surface area contributed by atoms with Crippen molar-refractivity contribution in [3.63, 3.8) is 0 Å². The number of hydrogen-bond acceptors (Lipinski definition) is 7. The first-order valence-electron chi connectivity index (χ1n) is 9.59. The molecule has 3 aromatic rings. The molecule has 1 N–H and O–H groups in total.